The van der Waals surface area contributed by atoms with Crippen molar-refractivity contribution in [3.05, 3.63) is 58.9 Å². The first-order chi connectivity index (χ1) is 15.2. The van der Waals surface area contributed by atoms with Crippen molar-refractivity contribution in [2.75, 3.05) is 44.8 Å². The number of nitrogens with one attached hydrogen (secondary N) is 1. The molecule has 2 aromatic rings. The molecular formula is C25H34N4O2. The average molecular weight is 423 g/mol. The molecule has 1 aliphatic carbocycles. The zero-order chi connectivity index (χ0) is 21.2. The van der Waals surface area contributed by atoms with Crippen LogP contribution in [0.25, 0.3) is 0 Å². The SMILES string of the molecule is CN(C[C@H]1Cc2c(cccc2N2CCO[C@@H](CO)C2)CN1)[C@H]1CCCc2cccnc21. The summed E-state index contributed by atoms with van der Waals surface area (Å²) >= 11 is 0. The Hall–Kier alpha value is -1.99. The molecule has 1 aromatic carbocycles. The van der Waals surface area contributed by atoms with E-state index in [1.807, 2.05) is 6.20 Å². The van der Waals surface area contributed by atoms with Gasteiger partial charge >= 0.3 is 0 Å². The molecule has 6 heteroatoms. The molecule has 0 radical (unpaired) electrons. The van der Waals surface area contributed by atoms with Crippen molar-refractivity contribution in [1.82, 2.24) is 15.2 Å². The van der Waals surface area contributed by atoms with Gasteiger partial charge in [-0.2, -0.15) is 0 Å². The van der Waals surface area contributed by atoms with Gasteiger partial charge in [-0.05, 0) is 61.6 Å². The lowest BCUT2D eigenvalue weighted by atomic mass is 9.89. The van der Waals surface area contributed by atoms with Crippen molar-refractivity contribution < 1.29 is 9.84 Å². The maximum Gasteiger partial charge on any atom is 0.0980 e. The molecular weight excluding hydrogens is 388 g/mol. The van der Waals surface area contributed by atoms with Crippen LogP contribution in [0.1, 0.15) is 41.3 Å². The van der Waals surface area contributed by atoms with Crippen LogP contribution in [0.5, 0.6) is 0 Å². The van der Waals surface area contributed by atoms with Gasteiger partial charge in [-0.15, -0.1) is 0 Å². The van der Waals surface area contributed by atoms with Crippen LogP contribution in [0.15, 0.2) is 36.5 Å². The Bertz CT molecular complexity index is 905. The van der Waals surface area contributed by atoms with Crippen LogP contribution in [0.3, 0.4) is 0 Å². The molecule has 0 spiro atoms. The van der Waals surface area contributed by atoms with Crippen LogP contribution in [0, 0.1) is 0 Å². The molecule has 3 aliphatic rings. The molecule has 2 aliphatic heterocycles. The number of likely N-dealkylation sites (N-methyl/N-ethyl adjacent to an activating group) is 1. The first kappa shape index (κ1) is 20.9. The van der Waals surface area contributed by atoms with E-state index >= 15 is 0 Å². The molecule has 1 aromatic heterocycles. The summed E-state index contributed by atoms with van der Waals surface area (Å²) in [7, 11) is 2.26. The molecule has 31 heavy (non-hydrogen) atoms. The van der Waals surface area contributed by atoms with E-state index in [-0.39, 0.29) is 12.7 Å². The second-order valence-electron chi connectivity index (χ2n) is 9.21. The van der Waals surface area contributed by atoms with E-state index in [1.54, 1.807) is 0 Å². The molecule has 3 heterocycles. The van der Waals surface area contributed by atoms with Gasteiger partial charge in [0.25, 0.3) is 0 Å². The minimum absolute atomic E-state index is 0.0808. The second kappa shape index (κ2) is 9.25. The zero-order valence-corrected chi connectivity index (χ0v) is 18.5. The molecule has 3 atom stereocenters. The van der Waals surface area contributed by atoms with E-state index in [1.165, 1.54) is 40.9 Å². The van der Waals surface area contributed by atoms with Crippen LogP contribution in [0.4, 0.5) is 5.69 Å². The third-order valence-corrected chi connectivity index (χ3v) is 7.17. The molecule has 0 saturated carbocycles. The van der Waals surface area contributed by atoms with E-state index in [4.69, 9.17) is 9.72 Å². The number of aromatic nitrogens is 1. The summed E-state index contributed by atoms with van der Waals surface area (Å²) < 4.78 is 5.68. The predicted molar refractivity (Wildman–Crippen MR) is 122 cm³/mol. The van der Waals surface area contributed by atoms with Crippen molar-refractivity contribution >= 4 is 5.69 Å². The van der Waals surface area contributed by atoms with Gasteiger partial charge in [0.1, 0.15) is 0 Å². The molecule has 1 fully saturated rings. The fraction of sp³-hybridized carbons (Fsp3) is 0.560. The van der Waals surface area contributed by atoms with Gasteiger partial charge in [0.05, 0.1) is 31.1 Å². The van der Waals surface area contributed by atoms with Crippen LogP contribution in [0.2, 0.25) is 0 Å². The number of aryl methyl sites for hydroxylation is 1. The minimum atomic E-state index is -0.0906. The first-order valence-corrected chi connectivity index (χ1v) is 11.7. The number of nitrogens with zero attached hydrogens (tertiary/aromatic N) is 3. The summed E-state index contributed by atoms with van der Waals surface area (Å²) in [6, 6.07) is 11.8. The van der Waals surface area contributed by atoms with E-state index in [9.17, 15) is 5.11 Å². The summed E-state index contributed by atoms with van der Waals surface area (Å²) in [5, 5.41) is 13.3. The lowest BCUT2D eigenvalue weighted by Gasteiger charge is -2.39. The monoisotopic (exact) mass is 422 g/mol. The van der Waals surface area contributed by atoms with Crippen LogP contribution >= 0.6 is 0 Å². The Balaban J connectivity index is 1.31. The number of anilines is 1. The highest BCUT2D eigenvalue weighted by atomic mass is 16.5. The highest BCUT2D eigenvalue weighted by molar-refractivity contribution is 5.58. The number of ether oxygens (including phenoxy) is 1. The van der Waals surface area contributed by atoms with Crippen molar-refractivity contribution in [2.45, 2.75) is 50.4 Å². The molecule has 0 amide bonds. The summed E-state index contributed by atoms with van der Waals surface area (Å²) in [4.78, 5) is 9.65. The van der Waals surface area contributed by atoms with E-state index in [0.717, 1.165) is 39.0 Å². The Morgan fingerprint density at radius 1 is 1.26 bits per heavy atom. The first-order valence-electron chi connectivity index (χ1n) is 11.7. The van der Waals surface area contributed by atoms with E-state index in [2.05, 4.69) is 52.5 Å². The van der Waals surface area contributed by atoms with Gasteiger partial charge in [-0.3, -0.25) is 9.88 Å². The number of hydrogen-bond acceptors (Lipinski definition) is 6. The Kier molecular flexibility index (Phi) is 6.23. The van der Waals surface area contributed by atoms with E-state index in [0.29, 0.717) is 18.7 Å². The maximum atomic E-state index is 9.56. The van der Waals surface area contributed by atoms with Crippen LogP contribution in [-0.2, 0) is 24.1 Å². The molecule has 0 bridgehead atoms. The number of morpholine rings is 1. The fourth-order valence-corrected chi connectivity index (χ4v) is 5.56. The fourth-order valence-electron chi connectivity index (χ4n) is 5.56. The molecule has 2 N–H and O–H groups in total. The van der Waals surface area contributed by atoms with Crippen LogP contribution < -0.4 is 10.2 Å². The summed E-state index contributed by atoms with van der Waals surface area (Å²) in [5.74, 6) is 0. The largest absolute Gasteiger partial charge is 0.394 e. The topological polar surface area (TPSA) is 60.9 Å². The number of aliphatic hydroxyl groups is 1. The number of benzene rings is 1. The molecule has 0 unspecified atom stereocenters. The highest BCUT2D eigenvalue weighted by Gasteiger charge is 2.30. The van der Waals surface area contributed by atoms with Crippen molar-refractivity contribution in [2.24, 2.45) is 0 Å². The van der Waals surface area contributed by atoms with E-state index < -0.39 is 0 Å². The number of pyridine rings is 1. The standard InChI is InChI=1S/C25H34N4O2/c1-28(24-9-2-5-18-7-4-10-26-25(18)24)15-20-13-22-19(14-27-20)6-3-8-23(22)29-11-12-31-21(16-29)17-30/h3-4,6-8,10,20-21,24,27,30H,2,5,9,11-17H2,1H3/t20-,21-,24+/m1/s1. The summed E-state index contributed by atoms with van der Waals surface area (Å²) in [6.07, 6.45) is 6.45. The number of aliphatic hydroxyl groups excluding tert-OH is 1. The lowest BCUT2D eigenvalue weighted by Crippen LogP contribution is -2.47. The smallest absolute Gasteiger partial charge is 0.0980 e. The minimum Gasteiger partial charge on any atom is -0.394 e. The van der Waals surface area contributed by atoms with Crippen molar-refractivity contribution in [3.8, 4) is 0 Å². The van der Waals surface area contributed by atoms with Gasteiger partial charge < -0.3 is 20.1 Å². The Morgan fingerprint density at radius 3 is 3.06 bits per heavy atom. The van der Waals surface area contributed by atoms with Gasteiger partial charge in [0.2, 0.25) is 0 Å². The lowest BCUT2D eigenvalue weighted by molar-refractivity contribution is 0.00351. The third kappa shape index (κ3) is 4.35. The van der Waals surface area contributed by atoms with Crippen molar-refractivity contribution in [1.29, 1.82) is 0 Å². The molecule has 6 nitrogen and oxygen atoms in total. The maximum absolute atomic E-state index is 9.56. The Morgan fingerprint density at radius 2 is 2.16 bits per heavy atom. The third-order valence-electron chi connectivity index (χ3n) is 7.17. The second-order valence-corrected chi connectivity index (χ2v) is 9.21. The van der Waals surface area contributed by atoms with Gasteiger partial charge in [-0.1, -0.05) is 18.2 Å². The van der Waals surface area contributed by atoms with Gasteiger partial charge in [0.15, 0.2) is 0 Å². The number of hydrogen-bond donors (Lipinski definition) is 2. The highest BCUT2D eigenvalue weighted by Crippen LogP contribution is 2.33. The average Bonchev–Trinajstić information content (AvgIpc) is 2.83. The number of fused-ring (bicyclic) bond motifs is 2. The van der Waals surface area contributed by atoms with Crippen molar-refractivity contribution in [3.63, 3.8) is 0 Å². The van der Waals surface area contributed by atoms with Gasteiger partial charge in [0, 0.05) is 44.1 Å². The zero-order valence-electron chi connectivity index (χ0n) is 18.5. The predicted octanol–water partition coefficient (Wildman–Crippen LogP) is 2.30. The molecule has 5 rings (SSSR count). The molecule has 1 saturated heterocycles. The summed E-state index contributed by atoms with van der Waals surface area (Å²) in [6.45, 7) is 4.32. The molecule has 166 valence electrons. The normalized spacial score (nSPS) is 25.9. The van der Waals surface area contributed by atoms with Crippen LogP contribution in [-0.4, -0.2) is 67.0 Å². The Labute approximate surface area is 185 Å². The number of rotatable bonds is 5. The quantitative estimate of drug-likeness (QED) is 0.771. The van der Waals surface area contributed by atoms with Gasteiger partial charge in [-0.25, -0.2) is 0 Å². The summed E-state index contributed by atoms with van der Waals surface area (Å²) in [5.41, 5.74) is 6.86.